The van der Waals surface area contributed by atoms with E-state index in [1.54, 1.807) is 56.1 Å². The molecule has 198 valence electrons. The van der Waals surface area contributed by atoms with Crippen LogP contribution in [0, 0.1) is 5.92 Å². The van der Waals surface area contributed by atoms with Crippen LogP contribution in [0.4, 0.5) is 11.6 Å². The number of rotatable bonds is 9. The van der Waals surface area contributed by atoms with Crippen LogP contribution in [0.1, 0.15) is 43.5 Å². The monoisotopic (exact) mass is 514 g/mol. The first-order valence-corrected chi connectivity index (χ1v) is 13.0. The normalized spacial score (nSPS) is 15.4. The van der Waals surface area contributed by atoms with E-state index >= 15 is 0 Å². The van der Waals surface area contributed by atoms with Gasteiger partial charge in [0, 0.05) is 25.6 Å². The molecule has 0 saturated heterocycles. The number of hydrogen-bond donors (Lipinski definition) is 2. The molecule has 5 rings (SSSR count). The first-order valence-electron chi connectivity index (χ1n) is 13.0. The molecule has 9 nitrogen and oxygen atoms in total. The largest absolute Gasteiger partial charge is 0.385 e. The van der Waals surface area contributed by atoms with Crippen LogP contribution in [0.5, 0.6) is 0 Å². The predicted octanol–water partition coefficient (Wildman–Crippen LogP) is 4.28. The molecule has 4 aromatic rings. The van der Waals surface area contributed by atoms with Gasteiger partial charge in [0.05, 0.1) is 12.2 Å². The number of methoxy groups -OCH3 is 1. The molecule has 0 aliphatic heterocycles. The predicted molar refractivity (Wildman–Crippen MR) is 148 cm³/mol. The number of pyridine rings is 1. The number of allylic oxidation sites excluding steroid dienone is 1. The molecule has 0 saturated carbocycles. The quantitative estimate of drug-likeness (QED) is 0.321. The Labute approximate surface area is 221 Å². The van der Waals surface area contributed by atoms with E-state index in [1.807, 2.05) is 0 Å². The lowest BCUT2D eigenvalue weighted by atomic mass is 9.82. The lowest BCUT2D eigenvalue weighted by Crippen LogP contribution is -2.23. The molecule has 1 atom stereocenters. The topological polar surface area (TPSA) is 107 Å². The summed E-state index contributed by atoms with van der Waals surface area (Å²) in [5, 5.41) is 14.2. The zero-order chi connectivity index (χ0) is 26.9. The summed E-state index contributed by atoms with van der Waals surface area (Å²) >= 11 is 0. The van der Waals surface area contributed by atoms with E-state index in [0.29, 0.717) is 34.4 Å². The molecule has 1 aromatic carbocycles. The molecule has 1 aliphatic rings. The van der Waals surface area contributed by atoms with Crippen LogP contribution in [0.2, 0.25) is 0 Å². The average molecular weight is 515 g/mol. The average Bonchev–Trinajstić information content (AvgIpc) is 3.17. The van der Waals surface area contributed by atoms with Crippen molar-refractivity contribution in [2.45, 2.75) is 51.7 Å². The fraction of sp³-hybridized carbons (Fsp3) is 0.379. The van der Waals surface area contributed by atoms with E-state index < -0.39 is 5.60 Å². The molecule has 9 heteroatoms. The van der Waals surface area contributed by atoms with Gasteiger partial charge in [-0.25, -0.2) is 19.3 Å². The molecule has 3 aromatic heterocycles. The highest BCUT2D eigenvalue weighted by Gasteiger charge is 2.22. The first-order chi connectivity index (χ1) is 18.3. The molecule has 0 radical (unpaired) electrons. The van der Waals surface area contributed by atoms with Gasteiger partial charge < -0.3 is 15.2 Å². The number of hydrogen-bond acceptors (Lipinski definition) is 7. The van der Waals surface area contributed by atoms with Gasteiger partial charge in [-0.1, -0.05) is 18.2 Å². The Morgan fingerprint density at radius 3 is 2.84 bits per heavy atom. The maximum atomic E-state index is 13.2. The highest BCUT2D eigenvalue weighted by atomic mass is 16.5. The van der Waals surface area contributed by atoms with Gasteiger partial charge in [-0.15, -0.1) is 6.58 Å². The number of ether oxygens (including phenoxy) is 1. The lowest BCUT2D eigenvalue weighted by molar-refractivity contribution is 0.0738. The van der Waals surface area contributed by atoms with Gasteiger partial charge in [0.1, 0.15) is 11.0 Å². The standard InChI is InChI=1S/C29H34N6O3/c1-5-14-34-27(36)23-18-30-28(33-26(23)35(34)25-8-6-7-24(32-25)29(2,3)37)31-22-12-11-20-16-19(13-15-38-4)9-10-21(20)17-22/h5-8,11-12,17-19,37H,1,9-10,13-16H2,2-4H3,(H,30,31,33). The third-order valence-electron chi connectivity index (χ3n) is 7.08. The van der Waals surface area contributed by atoms with E-state index in [2.05, 4.69) is 40.1 Å². The van der Waals surface area contributed by atoms with Crippen molar-refractivity contribution in [2.75, 3.05) is 19.0 Å². The van der Waals surface area contributed by atoms with Crippen molar-refractivity contribution in [2.24, 2.45) is 5.92 Å². The van der Waals surface area contributed by atoms with Crippen LogP contribution in [0.25, 0.3) is 16.9 Å². The third kappa shape index (κ3) is 5.12. The van der Waals surface area contributed by atoms with Crippen molar-refractivity contribution in [3.05, 3.63) is 82.4 Å². The molecule has 0 bridgehead atoms. The summed E-state index contributed by atoms with van der Waals surface area (Å²) in [6, 6.07) is 11.7. The first kappa shape index (κ1) is 25.8. The van der Waals surface area contributed by atoms with Crippen LogP contribution in [-0.4, -0.2) is 43.1 Å². The second kappa shape index (κ2) is 10.5. The summed E-state index contributed by atoms with van der Waals surface area (Å²) in [6.07, 6.45) is 7.54. The second-order valence-electron chi connectivity index (χ2n) is 10.4. The summed E-state index contributed by atoms with van der Waals surface area (Å²) in [7, 11) is 1.76. The SMILES string of the molecule is C=CCn1c(=O)c2cnc(Nc3ccc4c(c3)CCC(CCOC)C4)nc2n1-c1cccc(C(C)(C)O)n1. The molecule has 2 N–H and O–H groups in total. The molecule has 0 spiro atoms. The van der Waals surface area contributed by atoms with Gasteiger partial charge in [0.2, 0.25) is 5.95 Å². The summed E-state index contributed by atoms with van der Waals surface area (Å²) in [5.41, 5.74) is 3.16. The summed E-state index contributed by atoms with van der Waals surface area (Å²) in [5.74, 6) is 1.52. The van der Waals surface area contributed by atoms with Crippen LogP contribution in [-0.2, 0) is 29.7 Å². The second-order valence-corrected chi connectivity index (χ2v) is 10.4. The fourth-order valence-electron chi connectivity index (χ4n) is 5.06. The lowest BCUT2D eigenvalue weighted by Gasteiger charge is -2.25. The number of benzene rings is 1. The van der Waals surface area contributed by atoms with Gasteiger partial charge in [-0.3, -0.25) is 4.79 Å². The van der Waals surface area contributed by atoms with Gasteiger partial charge in [-0.05, 0) is 80.8 Å². The van der Waals surface area contributed by atoms with Crippen LogP contribution >= 0.6 is 0 Å². The third-order valence-corrected chi connectivity index (χ3v) is 7.08. The van der Waals surface area contributed by atoms with Crippen molar-refractivity contribution >= 4 is 22.7 Å². The van der Waals surface area contributed by atoms with Crippen LogP contribution < -0.4 is 10.9 Å². The minimum absolute atomic E-state index is 0.237. The van der Waals surface area contributed by atoms with Gasteiger partial charge >= 0.3 is 0 Å². The molecule has 38 heavy (non-hydrogen) atoms. The van der Waals surface area contributed by atoms with Crippen molar-refractivity contribution in [3.8, 4) is 5.82 Å². The van der Waals surface area contributed by atoms with Crippen LogP contribution in [0.3, 0.4) is 0 Å². The van der Waals surface area contributed by atoms with Crippen LogP contribution in [0.15, 0.2) is 60.0 Å². The minimum Gasteiger partial charge on any atom is -0.385 e. The maximum Gasteiger partial charge on any atom is 0.278 e. The number of aliphatic hydroxyl groups is 1. The Balaban J connectivity index is 1.50. The molecular formula is C29H34N6O3. The molecule has 3 heterocycles. The van der Waals surface area contributed by atoms with Gasteiger partial charge in [0.25, 0.3) is 5.56 Å². The van der Waals surface area contributed by atoms with E-state index in [-0.39, 0.29) is 12.1 Å². The molecular weight excluding hydrogens is 480 g/mol. The van der Waals surface area contributed by atoms with Crippen molar-refractivity contribution < 1.29 is 9.84 Å². The molecule has 1 aliphatic carbocycles. The molecule has 0 amide bonds. The Hall–Kier alpha value is -3.82. The van der Waals surface area contributed by atoms with Crippen molar-refractivity contribution in [3.63, 3.8) is 0 Å². The van der Waals surface area contributed by atoms with Gasteiger partial charge in [0.15, 0.2) is 11.5 Å². The number of nitrogens with zero attached hydrogens (tertiary/aromatic N) is 5. The summed E-state index contributed by atoms with van der Waals surface area (Å²) in [6.45, 7) is 8.21. The summed E-state index contributed by atoms with van der Waals surface area (Å²) in [4.78, 5) is 27.0. The van der Waals surface area contributed by atoms with Crippen molar-refractivity contribution in [1.82, 2.24) is 24.3 Å². The zero-order valence-corrected chi connectivity index (χ0v) is 22.1. The number of fused-ring (bicyclic) bond motifs is 2. The molecule has 1 unspecified atom stereocenters. The Bertz CT molecular complexity index is 1530. The zero-order valence-electron chi connectivity index (χ0n) is 22.1. The van der Waals surface area contributed by atoms with E-state index in [0.717, 1.165) is 38.0 Å². The maximum absolute atomic E-state index is 13.2. The summed E-state index contributed by atoms with van der Waals surface area (Å²) < 4.78 is 8.44. The number of nitrogens with one attached hydrogen (secondary N) is 1. The fourth-order valence-corrected chi connectivity index (χ4v) is 5.06. The smallest absolute Gasteiger partial charge is 0.278 e. The number of anilines is 2. The number of aromatic nitrogens is 5. The Morgan fingerprint density at radius 1 is 1.24 bits per heavy atom. The van der Waals surface area contributed by atoms with Gasteiger partial charge in [-0.2, -0.15) is 4.98 Å². The van der Waals surface area contributed by atoms with E-state index in [9.17, 15) is 9.90 Å². The highest BCUT2D eigenvalue weighted by molar-refractivity contribution is 5.77. The minimum atomic E-state index is -1.14. The highest BCUT2D eigenvalue weighted by Crippen LogP contribution is 2.30. The Morgan fingerprint density at radius 2 is 2.08 bits per heavy atom. The van der Waals surface area contributed by atoms with E-state index in [1.165, 1.54) is 15.8 Å². The molecule has 0 fully saturated rings. The van der Waals surface area contributed by atoms with E-state index in [4.69, 9.17) is 9.72 Å². The van der Waals surface area contributed by atoms with Crippen molar-refractivity contribution in [1.29, 1.82) is 0 Å². The Kier molecular flexibility index (Phi) is 7.14. The number of aryl methyl sites for hydroxylation is 1.